The lowest BCUT2D eigenvalue weighted by molar-refractivity contribution is 0.0696. The van der Waals surface area contributed by atoms with E-state index < -0.39 is 16.8 Å². The van der Waals surface area contributed by atoms with Gasteiger partial charge in [0.1, 0.15) is 5.82 Å². The molecular weight excluding hydrogens is 252 g/mol. The maximum atomic E-state index is 10.9. The topological polar surface area (TPSA) is 79.3 Å². The van der Waals surface area contributed by atoms with Crippen LogP contribution in [0.4, 0.5) is 5.82 Å². The Morgan fingerprint density at radius 3 is 2.78 bits per heavy atom. The Kier molecular flexibility index (Phi) is 5.77. The maximum Gasteiger partial charge on any atom is 0.335 e. The van der Waals surface area contributed by atoms with E-state index in [4.69, 9.17) is 5.11 Å². The largest absolute Gasteiger partial charge is 0.478 e. The smallest absolute Gasteiger partial charge is 0.335 e. The van der Waals surface area contributed by atoms with Crippen LogP contribution in [0.15, 0.2) is 12.1 Å². The molecule has 1 unspecified atom stereocenters. The van der Waals surface area contributed by atoms with E-state index in [9.17, 15) is 9.00 Å². The van der Waals surface area contributed by atoms with Crippen molar-refractivity contribution in [2.75, 3.05) is 23.9 Å². The van der Waals surface area contributed by atoms with Crippen molar-refractivity contribution in [2.24, 2.45) is 0 Å². The van der Waals surface area contributed by atoms with Gasteiger partial charge in [0.15, 0.2) is 0 Å². The number of aromatic carboxylic acids is 1. The molecule has 5 nitrogen and oxygen atoms in total. The first-order chi connectivity index (χ1) is 8.52. The van der Waals surface area contributed by atoms with Crippen molar-refractivity contribution in [1.82, 2.24) is 4.98 Å². The summed E-state index contributed by atoms with van der Waals surface area (Å²) < 4.78 is 10.9. The van der Waals surface area contributed by atoms with Crippen LogP contribution in [0.25, 0.3) is 0 Å². The predicted octanol–water partition coefficient (Wildman–Crippen LogP) is 1.52. The number of rotatable bonds is 7. The quantitative estimate of drug-likeness (QED) is 0.734. The molecule has 0 saturated heterocycles. The number of aryl methyl sites for hydroxylation is 1. The molecule has 0 aliphatic rings. The summed E-state index contributed by atoms with van der Waals surface area (Å²) in [6, 6.07) is 3.10. The Hall–Kier alpha value is -1.43. The molecule has 0 amide bonds. The normalized spacial score (nSPS) is 12.1. The summed E-state index contributed by atoms with van der Waals surface area (Å²) in [5.74, 6) is 0.241. The minimum atomic E-state index is -0.954. The summed E-state index contributed by atoms with van der Waals surface area (Å²) in [5.41, 5.74) is 0.986. The Bertz CT molecular complexity index is 449. The summed E-state index contributed by atoms with van der Waals surface area (Å²) in [6.07, 6.45) is 3.12. The highest BCUT2D eigenvalue weighted by Crippen LogP contribution is 2.11. The first kappa shape index (κ1) is 14.6. The lowest BCUT2D eigenvalue weighted by Gasteiger charge is -2.08. The second kappa shape index (κ2) is 7.10. The zero-order valence-electron chi connectivity index (χ0n) is 10.6. The zero-order chi connectivity index (χ0) is 13.5. The van der Waals surface area contributed by atoms with Gasteiger partial charge in [0.25, 0.3) is 0 Å². The zero-order valence-corrected chi connectivity index (χ0v) is 11.4. The number of carboxylic acids is 1. The molecule has 18 heavy (non-hydrogen) atoms. The fourth-order valence-electron chi connectivity index (χ4n) is 1.47. The number of nitrogens with zero attached hydrogens (tertiary/aromatic N) is 1. The van der Waals surface area contributed by atoms with Crippen molar-refractivity contribution in [3.05, 3.63) is 23.4 Å². The number of nitrogens with one attached hydrogen (secondary N) is 1. The molecule has 1 atom stereocenters. The van der Waals surface area contributed by atoms with Gasteiger partial charge in [-0.1, -0.05) is 6.92 Å². The minimum Gasteiger partial charge on any atom is -0.478 e. The Balaban J connectivity index is 2.66. The first-order valence-corrected chi connectivity index (χ1v) is 7.53. The molecule has 1 rings (SSSR count). The molecule has 0 aliphatic heterocycles. The van der Waals surface area contributed by atoms with E-state index in [1.807, 2.05) is 6.92 Å². The molecule has 0 fully saturated rings. The maximum absolute atomic E-state index is 10.9. The van der Waals surface area contributed by atoms with Crippen molar-refractivity contribution < 1.29 is 14.1 Å². The van der Waals surface area contributed by atoms with Crippen LogP contribution in [0, 0.1) is 0 Å². The van der Waals surface area contributed by atoms with Gasteiger partial charge in [-0.3, -0.25) is 4.21 Å². The van der Waals surface area contributed by atoms with E-state index in [1.165, 1.54) is 6.07 Å². The average Bonchev–Trinajstić information content (AvgIpc) is 2.34. The third-order valence-electron chi connectivity index (χ3n) is 2.40. The Morgan fingerprint density at radius 2 is 2.22 bits per heavy atom. The van der Waals surface area contributed by atoms with Gasteiger partial charge in [0.2, 0.25) is 0 Å². The van der Waals surface area contributed by atoms with Gasteiger partial charge in [-0.25, -0.2) is 9.78 Å². The predicted molar refractivity (Wildman–Crippen MR) is 72.6 cm³/mol. The SMILES string of the molecule is CCc1cc(C(=O)O)cc(NCCCS(C)=O)n1. The molecule has 1 aromatic rings. The number of carbonyl (C=O) groups is 1. The molecule has 0 spiro atoms. The molecule has 2 N–H and O–H groups in total. The molecule has 0 radical (unpaired) electrons. The van der Waals surface area contributed by atoms with Crippen LogP contribution in [0.5, 0.6) is 0 Å². The van der Waals surface area contributed by atoms with Gasteiger partial charge in [-0.15, -0.1) is 0 Å². The highest BCUT2D eigenvalue weighted by Gasteiger charge is 2.07. The number of hydrogen-bond donors (Lipinski definition) is 2. The van der Waals surface area contributed by atoms with Crippen LogP contribution >= 0.6 is 0 Å². The van der Waals surface area contributed by atoms with Crippen LogP contribution in [-0.2, 0) is 17.2 Å². The number of hydrogen-bond acceptors (Lipinski definition) is 4. The molecule has 0 saturated carbocycles. The summed E-state index contributed by atoms with van der Waals surface area (Å²) in [6.45, 7) is 2.57. The molecule has 0 aromatic carbocycles. The van der Waals surface area contributed by atoms with E-state index in [-0.39, 0.29) is 5.56 Å². The molecule has 1 aromatic heterocycles. The fourth-order valence-corrected chi connectivity index (χ4v) is 2.03. The van der Waals surface area contributed by atoms with Gasteiger partial charge < -0.3 is 10.4 Å². The average molecular weight is 270 g/mol. The Morgan fingerprint density at radius 1 is 1.50 bits per heavy atom. The monoisotopic (exact) mass is 270 g/mol. The van der Waals surface area contributed by atoms with Gasteiger partial charge in [0.05, 0.1) is 5.56 Å². The van der Waals surface area contributed by atoms with Crippen LogP contribution in [-0.4, -0.2) is 38.8 Å². The van der Waals surface area contributed by atoms with Crippen LogP contribution in [0.1, 0.15) is 29.4 Å². The third kappa shape index (κ3) is 4.83. The summed E-state index contributed by atoms with van der Waals surface area (Å²) in [4.78, 5) is 15.2. The van der Waals surface area contributed by atoms with Crippen molar-refractivity contribution >= 4 is 22.6 Å². The number of anilines is 1. The standard InChI is InChI=1S/C12H18N2O3S/c1-3-10-7-9(12(15)16)8-11(14-10)13-5-4-6-18(2)17/h7-8H,3-6H2,1-2H3,(H,13,14)(H,15,16). The molecule has 0 bridgehead atoms. The summed E-state index contributed by atoms with van der Waals surface area (Å²) in [7, 11) is -0.796. The highest BCUT2D eigenvalue weighted by molar-refractivity contribution is 7.84. The Labute approximate surface area is 109 Å². The van der Waals surface area contributed by atoms with Crippen molar-refractivity contribution in [2.45, 2.75) is 19.8 Å². The highest BCUT2D eigenvalue weighted by atomic mass is 32.2. The van der Waals surface area contributed by atoms with Crippen molar-refractivity contribution in [1.29, 1.82) is 0 Å². The summed E-state index contributed by atoms with van der Waals surface area (Å²) >= 11 is 0. The summed E-state index contributed by atoms with van der Waals surface area (Å²) in [5, 5.41) is 12.0. The van der Waals surface area contributed by atoms with Crippen LogP contribution in [0.2, 0.25) is 0 Å². The molecule has 1 heterocycles. The number of aromatic nitrogens is 1. The van der Waals surface area contributed by atoms with Gasteiger partial charge in [-0.05, 0) is 25.0 Å². The molecule has 0 aliphatic carbocycles. The lowest BCUT2D eigenvalue weighted by Crippen LogP contribution is -2.09. The van der Waals surface area contributed by atoms with E-state index in [0.29, 0.717) is 24.5 Å². The third-order valence-corrected chi connectivity index (χ3v) is 3.27. The minimum absolute atomic E-state index is 0.239. The van der Waals surface area contributed by atoms with Gasteiger partial charge in [-0.2, -0.15) is 0 Å². The lowest BCUT2D eigenvalue weighted by atomic mass is 10.2. The van der Waals surface area contributed by atoms with Crippen molar-refractivity contribution in [3.63, 3.8) is 0 Å². The van der Waals surface area contributed by atoms with E-state index >= 15 is 0 Å². The second-order valence-corrected chi connectivity index (χ2v) is 5.50. The van der Waals surface area contributed by atoms with Gasteiger partial charge >= 0.3 is 5.97 Å². The van der Waals surface area contributed by atoms with E-state index in [1.54, 1.807) is 12.3 Å². The number of pyridine rings is 1. The van der Waals surface area contributed by atoms with E-state index in [2.05, 4.69) is 10.3 Å². The van der Waals surface area contributed by atoms with Crippen LogP contribution < -0.4 is 5.32 Å². The molecule has 6 heteroatoms. The van der Waals surface area contributed by atoms with Crippen LogP contribution in [0.3, 0.4) is 0 Å². The van der Waals surface area contributed by atoms with Crippen molar-refractivity contribution in [3.8, 4) is 0 Å². The van der Waals surface area contributed by atoms with E-state index in [0.717, 1.165) is 12.1 Å². The fraction of sp³-hybridized carbons (Fsp3) is 0.500. The van der Waals surface area contributed by atoms with Gasteiger partial charge in [0, 0.05) is 35.0 Å². The molecular formula is C12H18N2O3S. The number of carboxylic acid groups (broad SMARTS) is 1. The second-order valence-electron chi connectivity index (χ2n) is 3.95. The molecule has 100 valence electrons. The first-order valence-electron chi connectivity index (χ1n) is 5.81.